The average Bonchev–Trinajstić information content (AvgIpc) is 2.81. The molecule has 11 heteroatoms. The molecule has 2 unspecified atom stereocenters. The molecule has 186 valence electrons. The van der Waals surface area contributed by atoms with Gasteiger partial charge in [0.1, 0.15) is 5.84 Å². The van der Waals surface area contributed by atoms with Crippen LogP contribution in [0.1, 0.15) is 30.4 Å². The van der Waals surface area contributed by atoms with Crippen LogP contribution in [0.3, 0.4) is 0 Å². The Kier molecular flexibility index (Phi) is 6.86. The number of benzene rings is 1. The first-order chi connectivity index (χ1) is 16.1. The van der Waals surface area contributed by atoms with Crippen LogP contribution in [0.4, 0.5) is 18.0 Å². The van der Waals surface area contributed by atoms with E-state index < -0.39 is 23.1 Å². The number of ether oxygens (including phenoxy) is 2. The molecule has 0 aliphatic carbocycles. The number of rotatable bonds is 3. The van der Waals surface area contributed by atoms with Crippen molar-refractivity contribution in [2.75, 3.05) is 52.6 Å². The molecule has 3 aliphatic rings. The number of amides is 3. The number of alkyl halides is 3. The van der Waals surface area contributed by atoms with Gasteiger partial charge in [-0.15, -0.1) is 0 Å². The first kappa shape index (κ1) is 24.5. The second kappa shape index (κ2) is 9.53. The topological polar surface area (TPSA) is 95.0 Å². The van der Waals surface area contributed by atoms with Gasteiger partial charge < -0.3 is 24.6 Å². The maximum Gasteiger partial charge on any atom is 0.416 e. The van der Waals surface area contributed by atoms with Gasteiger partial charge in [0.15, 0.2) is 0 Å². The van der Waals surface area contributed by atoms with E-state index in [9.17, 15) is 22.8 Å². The zero-order valence-electron chi connectivity index (χ0n) is 19.0. The molecule has 2 atom stereocenters. The largest absolute Gasteiger partial charge is 0.416 e. The highest BCUT2D eigenvalue weighted by Crippen LogP contribution is 2.35. The van der Waals surface area contributed by atoms with E-state index in [2.05, 4.69) is 5.32 Å². The van der Waals surface area contributed by atoms with Crippen molar-refractivity contribution in [1.82, 2.24) is 15.1 Å². The first-order valence-corrected chi connectivity index (χ1v) is 11.3. The molecule has 0 bridgehead atoms. The number of hydrogen-bond donors (Lipinski definition) is 2. The molecule has 4 rings (SSSR count). The van der Waals surface area contributed by atoms with Crippen LogP contribution < -0.4 is 5.32 Å². The van der Waals surface area contributed by atoms with Crippen molar-refractivity contribution in [2.24, 2.45) is 11.3 Å². The van der Waals surface area contributed by atoms with Crippen molar-refractivity contribution < 1.29 is 32.2 Å². The molecule has 1 aromatic carbocycles. The predicted molar refractivity (Wildman–Crippen MR) is 116 cm³/mol. The van der Waals surface area contributed by atoms with E-state index in [1.54, 1.807) is 16.7 Å². The lowest BCUT2D eigenvalue weighted by molar-refractivity contribution is -0.156. The summed E-state index contributed by atoms with van der Waals surface area (Å²) >= 11 is 0. The third-order valence-corrected chi connectivity index (χ3v) is 6.76. The van der Waals surface area contributed by atoms with Gasteiger partial charge in [-0.1, -0.05) is 12.1 Å². The third-order valence-electron chi connectivity index (χ3n) is 6.76. The number of carbonyl (C=O) groups is 2. The fourth-order valence-electron chi connectivity index (χ4n) is 4.52. The van der Waals surface area contributed by atoms with Crippen LogP contribution in [0.5, 0.6) is 0 Å². The van der Waals surface area contributed by atoms with Crippen molar-refractivity contribution in [1.29, 1.82) is 5.41 Å². The second-order valence-electron chi connectivity index (χ2n) is 9.46. The van der Waals surface area contributed by atoms with Gasteiger partial charge in [0.05, 0.1) is 37.4 Å². The van der Waals surface area contributed by atoms with Crippen LogP contribution in [0.2, 0.25) is 0 Å². The van der Waals surface area contributed by atoms with Gasteiger partial charge >= 0.3 is 12.2 Å². The number of likely N-dealkylation sites (tertiary alicyclic amines) is 1. The van der Waals surface area contributed by atoms with E-state index in [1.807, 2.05) is 0 Å². The Morgan fingerprint density at radius 3 is 2.26 bits per heavy atom. The van der Waals surface area contributed by atoms with Crippen molar-refractivity contribution in [2.45, 2.75) is 25.4 Å². The SMILES string of the molecule is CC1(C(=O)NC(=N)C2CC(c3ccc(C(F)(F)F)cc3)CN(C(=O)N3CCOCC3)C2)COC1. The van der Waals surface area contributed by atoms with Crippen LogP contribution in [0.25, 0.3) is 0 Å². The quantitative estimate of drug-likeness (QED) is 0.512. The van der Waals surface area contributed by atoms with E-state index >= 15 is 0 Å². The Morgan fingerprint density at radius 1 is 1.06 bits per heavy atom. The minimum atomic E-state index is -4.43. The van der Waals surface area contributed by atoms with Crippen molar-refractivity contribution in [3.63, 3.8) is 0 Å². The molecule has 0 radical (unpaired) electrons. The zero-order valence-corrected chi connectivity index (χ0v) is 19.0. The van der Waals surface area contributed by atoms with Crippen molar-refractivity contribution in [3.8, 4) is 0 Å². The Morgan fingerprint density at radius 2 is 1.71 bits per heavy atom. The van der Waals surface area contributed by atoms with Crippen molar-refractivity contribution >= 4 is 17.8 Å². The molecule has 3 aliphatic heterocycles. The number of nitrogens with one attached hydrogen (secondary N) is 2. The van der Waals surface area contributed by atoms with E-state index in [1.165, 1.54) is 12.1 Å². The molecule has 0 spiro atoms. The van der Waals surface area contributed by atoms with Gasteiger partial charge in [0.25, 0.3) is 0 Å². The zero-order chi connectivity index (χ0) is 24.5. The lowest BCUT2D eigenvalue weighted by atomic mass is 9.83. The summed E-state index contributed by atoms with van der Waals surface area (Å²) in [5, 5.41) is 11.2. The molecule has 34 heavy (non-hydrogen) atoms. The molecule has 8 nitrogen and oxygen atoms in total. The summed E-state index contributed by atoms with van der Waals surface area (Å²) in [6.07, 6.45) is -4.00. The second-order valence-corrected chi connectivity index (χ2v) is 9.46. The van der Waals surface area contributed by atoms with Crippen LogP contribution >= 0.6 is 0 Å². The van der Waals surface area contributed by atoms with Crippen LogP contribution in [-0.2, 0) is 20.4 Å². The minimum Gasteiger partial charge on any atom is -0.379 e. The molecule has 1 aromatic rings. The fourth-order valence-corrected chi connectivity index (χ4v) is 4.52. The maximum atomic E-state index is 13.2. The lowest BCUT2D eigenvalue weighted by Gasteiger charge is -2.42. The molecule has 3 heterocycles. The summed E-state index contributed by atoms with van der Waals surface area (Å²) in [6.45, 7) is 4.70. The first-order valence-electron chi connectivity index (χ1n) is 11.3. The molecule has 3 amide bonds. The minimum absolute atomic E-state index is 0.00881. The van der Waals surface area contributed by atoms with Gasteiger partial charge in [-0.25, -0.2) is 4.79 Å². The third kappa shape index (κ3) is 5.20. The molecule has 3 fully saturated rings. The number of hydrogen-bond acceptors (Lipinski definition) is 5. The molecule has 2 N–H and O–H groups in total. The standard InChI is InChI=1S/C23H29F3N4O4/c1-22(13-34-14-22)20(31)28-19(27)17-10-16(15-2-4-18(5-3-15)23(24,25)26)11-30(12-17)21(32)29-6-8-33-9-7-29/h2-5,16-17H,6-14H2,1H3,(H2,27,28,31). The van der Waals surface area contributed by atoms with Gasteiger partial charge in [0.2, 0.25) is 5.91 Å². The maximum absolute atomic E-state index is 13.2. The Bertz CT molecular complexity index is 927. The monoisotopic (exact) mass is 482 g/mol. The average molecular weight is 483 g/mol. The van der Waals surface area contributed by atoms with Crippen LogP contribution in [-0.4, -0.2) is 80.2 Å². The van der Waals surface area contributed by atoms with Gasteiger partial charge in [-0.2, -0.15) is 13.2 Å². The number of amidine groups is 1. The van der Waals surface area contributed by atoms with Crippen molar-refractivity contribution in [3.05, 3.63) is 35.4 Å². The van der Waals surface area contributed by atoms with E-state index in [4.69, 9.17) is 14.9 Å². The Balaban J connectivity index is 1.52. The number of morpholine rings is 1. The number of piperidine rings is 1. The normalized spacial score (nSPS) is 24.8. The Labute approximate surface area is 195 Å². The number of urea groups is 1. The molecule has 3 saturated heterocycles. The van der Waals surface area contributed by atoms with E-state index in [-0.39, 0.29) is 43.5 Å². The summed E-state index contributed by atoms with van der Waals surface area (Å²) in [5.74, 6) is -1.02. The van der Waals surface area contributed by atoms with E-state index in [0.717, 1.165) is 12.1 Å². The van der Waals surface area contributed by atoms with Gasteiger partial charge in [-0.05, 0) is 31.0 Å². The van der Waals surface area contributed by atoms with E-state index in [0.29, 0.717) is 44.8 Å². The number of nitrogens with zero attached hydrogens (tertiary/aromatic N) is 2. The molecular formula is C23H29F3N4O4. The van der Waals surface area contributed by atoms with Crippen LogP contribution in [0, 0.1) is 16.7 Å². The summed E-state index contributed by atoms with van der Waals surface area (Å²) in [6, 6.07) is 4.75. The smallest absolute Gasteiger partial charge is 0.379 e. The molecule has 0 aromatic heterocycles. The number of carbonyl (C=O) groups excluding carboxylic acids is 2. The summed E-state index contributed by atoms with van der Waals surface area (Å²) in [7, 11) is 0. The highest BCUT2D eigenvalue weighted by Gasteiger charge is 2.43. The Hall–Kier alpha value is -2.66. The summed E-state index contributed by atoms with van der Waals surface area (Å²) < 4.78 is 49.5. The molecule has 0 saturated carbocycles. The van der Waals surface area contributed by atoms with Gasteiger partial charge in [0, 0.05) is 38.0 Å². The highest BCUT2D eigenvalue weighted by atomic mass is 19.4. The number of halogens is 3. The van der Waals surface area contributed by atoms with Gasteiger partial charge in [-0.3, -0.25) is 10.2 Å². The fraction of sp³-hybridized carbons (Fsp3) is 0.609. The highest BCUT2D eigenvalue weighted by molar-refractivity contribution is 6.00. The van der Waals surface area contributed by atoms with Crippen LogP contribution in [0.15, 0.2) is 24.3 Å². The predicted octanol–water partition coefficient (Wildman–Crippen LogP) is 2.69. The lowest BCUT2D eigenvalue weighted by Crippen LogP contribution is -2.57. The molecular weight excluding hydrogens is 453 g/mol. The summed E-state index contributed by atoms with van der Waals surface area (Å²) in [5.41, 5.74) is -0.756. The summed E-state index contributed by atoms with van der Waals surface area (Å²) in [4.78, 5) is 29.1.